The van der Waals surface area contributed by atoms with Crippen LogP contribution in [0.1, 0.15) is 37.0 Å². The summed E-state index contributed by atoms with van der Waals surface area (Å²) in [6.07, 6.45) is 1.44. The van der Waals surface area contributed by atoms with Gasteiger partial charge in [-0.3, -0.25) is 9.59 Å². The largest absolute Gasteiger partial charge is 0.491 e. The summed E-state index contributed by atoms with van der Waals surface area (Å²) < 4.78 is 5.60. The molecule has 7 heteroatoms. The number of nitrogens with one attached hydrogen (secondary N) is 1. The molecule has 1 aliphatic rings. The lowest BCUT2D eigenvalue weighted by Crippen LogP contribution is -2.43. The smallest absolute Gasteiger partial charge is 0.256 e. The zero-order chi connectivity index (χ0) is 20.3. The highest BCUT2D eigenvalue weighted by Gasteiger charge is 2.35. The van der Waals surface area contributed by atoms with Crippen LogP contribution in [0.15, 0.2) is 42.5 Å². The van der Waals surface area contributed by atoms with Gasteiger partial charge in [-0.2, -0.15) is 0 Å². The van der Waals surface area contributed by atoms with Gasteiger partial charge in [0, 0.05) is 17.3 Å². The summed E-state index contributed by atoms with van der Waals surface area (Å²) in [5.41, 5.74) is 0.963. The summed E-state index contributed by atoms with van der Waals surface area (Å²) in [5.74, 6) is 0.230. The lowest BCUT2D eigenvalue weighted by atomic mass is 10.1. The number of nitrogens with zero attached hydrogens (tertiary/aromatic N) is 1. The first-order chi connectivity index (χ1) is 13.3. The summed E-state index contributed by atoms with van der Waals surface area (Å²) in [6.45, 7) is 4.40. The predicted molar refractivity (Wildman–Crippen MR) is 111 cm³/mol. The number of hydrogen-bond donors (Lipinski definition) is 1. The molecule has 1 unspecified atom stereocenters. The summed E-state index contributed by atoms with van der Waals surface area (Å²) in [7, 11) is 0. The van der Waals surface area contributed by atoms with E-state index in [0.717, 1.165) is 12.2 Å². The summed E-state index contributed by atoms with van der Waals surface area (Å²) >= 11 is 12.2. The van der Waals surface area contributed by atoms with E-state index in [1.54, 1.807) is 41.3 Å². The zero-order valence-electron chi connectivity index (χ0n) is 15.7. The van der Waals surface area contributed by atoms with Crippen LogP contribution in [0.25, 0.3) is 0 Å². The van der Waals surface area contributed by atoms with Gasteiger partial charge in [0.05, 0.1) is 16.7 Å². The minimum absolute atomic E-state index is 0.0804. The molecule has 0 spiro atoms. The molecular formula is C21H22Cl2N2O3. The van der Waals surface area contributed by atoms with Crippen molar-refractivity contribution in [3.05, 3.63) is 58.1 Å². The second kappa shape index (κ2) is 8.84. The van der Waals surface area contributed by atoms with Crippen molar-refractivity contribution >= 4 is 40.7 Å². The molecule has 1 aliphatic heterocycles. The van der Waals surface area contributed by atoms with Crippen LogP contribution in [-0.4, -0.2) is 35.4 Å². The van der Waals surface area contributed by atoms with Gasteiger partial charge in [0.2, 0.25) is 5.91 Å². The molecule has 5 nitrogen and oxygen atoms in total. The zero-order valence-corrected chi connectivity index (χ0v) is 17.3. The minimum atomic E-state index is -0.547. The van der Waals surface area contributed by atoms with E-state index in [1.165, 1.54) is 6.07 Å². The highest BCUT2D eigenvalue weighted by molar-refractivity contribution is 6.35. The number of carbonyl (C=O) groups is 2. The molecule has 28 heavy (non-hydrogen) atoms. The first-order valence-corrected chi connectivity index (χ1v) is 9.94. The number of amides is 2. The number of likely N-dealkylation sites (tertiary alicyclic amines) is 1. The number of ether oxygens (including phenoxy) is 1. The summed E-state index contributed by atoms with van der Waals surface area (Å²) in [5, 5.41) is 3.63. The Balaban J connectivity index is 1.70. The molecule has 3 rings (SSSR count). The van der Waals surface area contributed by atoms with Crippen molar-refractivity contribution in [1.82, 2.24) is 4.90 Å². The van der Waals surface area contributed by atoms with Gasteiger partial charge >= 0.3 is 0 Å². The highest BCUT2D eigenvalue weighted by Crippen LogP contribution is 2.27. The third-order valence-corrected chi connectivity index (χ3v) is 5.03. The van der Waals surface area contributed by atoms with Crippen LogP contribution in [0.2, 0.25) is 10.0 Å². The maximum atomic E-state index is 12.9. The number of hydrogen-bond acceptors (Lipinski definition) is 3. The van der Waals surface area contributed by atoms with Crippen LogP contribution in [0.5, 0.6) is 5.75 Å². The van der Waals surface area contributed by atoms with Crippen molar-refractivity contribution in [2.45, 2.75) is 38.8 Å². The van der Waals surface area contributed by atoms with Gasteiger partial charge in [-0.1, -0.05) is 23.2 Å². The number of benzene rings is 2. The van der Waals surface area contributed by atoms with Crippen molar-refractivity contribution in [2.24, 2.45) is 0 Å². The van der Waals surface area contributed by atoms with Crippen molar-refractivity contribution in [3.8, 4) is 5.75 Å². The monoisotopic (exact) mass is 420 g/mol. The lowest BCUT2D eigenvalue weighted by Gasteiger charge is -2.24. The van der Waals surface area contributed by atoms with E-state index < -0.39 is 6.04 Å². The van der Waals surface area contributed by atoms with Gasteiger partial charge in [0.1, 0.15) is 11.8 Å². The Hall–Kier alpha value is -2.24. The summed E-state index contributed by atoms with van der Waals surface area (Å²) in [4.78, 5) is 27.3. The number of anilines is 1. The molecule has 2 aromatic carbocycles. The average Bonchev–Trinajstić information content (AvgIpc) is 3.14. The molecule has 1 fully saturated rings. The fraction of sp³-hybridized carbons (Fsp3) is 0.333. The third kappa shape index (κ3) is 4.78. The van der Waals surface area contributed by atoms with Crippen molar-refractivity contribution < 1.29 is 14.3 Å². The topological polar surface area (TPSA) is 58.6 Å². The Labute approximate surface area is 174 Å². The molecule has 2 amide bonds. The number of halogens is 2. The van der Waals surface area contributed by atoms with E-state index in [9.17, 15) is 9.59 Å². The molecule has 0 aliphatic carbocycles. The Morgan fingerprint density at radius 3 is 2.54 bits per heavy atom. The van der Waals surface area contributed by atoms with Gasteiger partial charge in [0.25, 0.3) is 5.91 Å². The Morgan fingerprint density at radius 2 is 1.86 bits per heavy atom. The fourth-order valence-electron chi connectivity index (χ4n) is 3.21. The molecule has 0 aromatic heterocycles. The van der Waals surface area contributed by atoms with Crippen LogP contribution in [0, 0.1) is 0 Å². The van der Waals surface area contributed by atoms with Gasteiger partial charge < -0.3 is 15.0 Å². The fourth-order valence-corrected chi connectivity index (χ4v) is 3.58. The molecule has 2 aromatic rings. The molecule has 0 bridgehead atoms. The Bertz CT molecular complexity index is 868. The van der Waals surface area contributed by atoms with Gasteiger partial charge in [-0.05, 0) is 69.2 Å². The molecule has 0 radical (unpaired) electrons. The van der Waals surface area contributed by atoms with Crippen LogP contribution in [0.4, 0.5) is 5.69 Å². The first-order valence-electron chi connectivity index (χ1n) is 9.19. The van der Waals surface area contributed by atoms with Crippen LogP contribution in [-0.2, 0) is 4.79 Å². The maximum absolute atomic E-state index is 12.9. The molecule has 1 saturated heterocycles. The summed E-state index contributed by atoms with van der Waals surface area (Å²) in [6, 6.07) is 11.4. The number of carbonyl (C=O) groups excluding carboxylic acids is 2. The molecule has 1 N–H and O–H groups in total. The standard InChI is InChI=1S/C21H22Cl2N2O3/c1-13(2)28-16-8-6-15(7-9-16)24-20(26)19-4-3-11-25(19)21(27)17-12-14(22)5-10-18(17)23/h5-10,12-13,19H,3-4,11H2,1-2H3,(H,24,26). The molecule has 0 saturated carbocycles. The normalized spacial score (nSPS) is 16.3. The van der Waals surface area contributed by atoms with Crippen LogP contribution < -0.4 is 10.1 Å². The SMILES string of the molecule is CC(C)Oc1ccc(NC(=O)C2CCCN2C(=O)c2cc(Cl)ccc2Cl)cc1. The second-order valence-electron chi connectivity index (χ2n) is 6.96. The van der Waals surface area contributed by atoms with E-state index >= 15 is 0 Å². The highest BCUT2D eigenvalue weighted by atomic mass is 35.5. The number of rotatable bonds is 5. The van der Waals surface area contributed by atoms with Crippen LogP contribution >= 0.6 is 23.2 Å². The predicted octanol–water partition coefficient (Wildman–Crippen LogP) is 5.02. The van der Waals surface area contributed by atoms with Crippen molar-refractivity contribution in [3.63, 3.8) is 0 Å². The molecule has 1 heterocycles. The first kappa shape index (κ1) is 20.5. The van der Waals surface area contributed by atoms with E-state index in [0.29, 0.717) is 34.3 Å². The second-order valence-corrected chi connectivity index (χ2v) is 7.80. The third-order valence-electron chi connectivity index (χ3n) is 4.47. The van der Waals surface area contributed by atoms with Gasteiger partial charge in [-0.15, -0.1) is 0 Å². The molecular weight excluding hydrogens is 399 g/mol. The van der Waals surface area contributed by atoms with Gasteiger partial charge in [-0.25, -0.2) is 0 Å². The molecule has 1 atom stereocenters. The van der Waals surface area contributed by atoms with Crippen LogP contribution in [0.3, 0.4) is 0 Å². The minimum Gasteiger partial charge on any atom is -0.491 e. The van der Waals surface area contributed by atoms with E-state index in [-0.39, 0.29) is 17.9 Å². The van der Waals surface area contributed by atoms with Crippen molar-refractivity contribution in [1.29, 1.82) is 0 Å². The quantitative estimate of drug-likeness (QED) is 0.737. The van der Waals surface area contributed by atoms with E-state index in [2.05, 4.69) is 5.32 Å². The van der Waals surface area contributed by atoms with Crippen molar-refractivity contribution in [2.75, 3.05) is 11.9 Å². The Morgan fingerprint density at radius 1 is 1.14 bits per heavy atom. The average molecular weight is 421 g/mol. The molecule has 148 valence electrons. The Kier molecular flexibility index (Phi) is 6.47. The van der Waals surface area contributed by atoms with Gasteiger partial charge in [0.15, 0.2) is 0 Å². The maximum Gasteiger partial charge on any atom is 0.256 e. The van der Waals surface area contributed by atoms with E-state index in [4.69, 9.17) is 27.9 Å². The lowest BCUT2D eigenvalue weighted by molar-refractivity contribution is -0.119. The van der Waals surface area contributed by atoms with E-state index in [1.807, 2.05) is 13.8 Å².